The third-order valence-corrected chi connectivity index (χ3v) is 4.74. The van der Waals surface area contributed by atoms with E-state index in [2.05, 4.69) is 24.1 Å². The molecule has 0 bridgehead atoms. The van der Waals surface area contributed by atoms with E-state index in [1.54, 1.807) is 6.07 Å². The number of nitrogens with zero attached hydrogens (tertiary/aromatic N) is 1. The van der Waals surface area contributed by atoms with Gasteiger partial charge in [-0.15, -0.1) is 0 Å². The van der Waals surface area contributed by atoms with Gasteiger partial charge in [-0.05, 0) is 48.8 Å². The predicted octanol–water partition coefficient (Wildman–Crippen LogP) is 3.42. The SMILES string of the molecule is CC(C)CC1CN(Cc2cccc(F)c2)C(C2CC2)CN1. The molecule has 1 aromatic rings. The summed E-state index contributed by atoms with van der Waals surface area (Å²) in [6, 6.07) is 8.30. The summed E-state index contributed by atoms with van der Waals surface area (Å²) in [6.45, 7) is 7.64. The maximum atomic E-state index is 13.4. The zero-order chi connectivity index (χ0) is 14.8. The molecule has 116 valence electrons. The molecule has 0 aromatic heterocycles. The number of hydrogen-bond donors (Lipinski definition) is 1. The van der Waals surface area contributed by atoms with Gasteiger partial charge in [-0.2, -0.15) is 0 Å². The number of halogens is 1. The van der Waals surface area contributed by atoms with Crippen molar-refractivity contribution >= 4 is 0 Å². The van der Waals surface area contributed by atoms with Crippen LogP contribution in [0, 0.1) is 17.7 Å². The van der Waals surface area contributed by atoms with Crippen molar-refractivity contribution in [3.8, 4) is 0 Å². The Balaban J connectivity index is 1.68. The molecule has 1 saturated carbocycles. The molecule has 1 aromatic carbocycles. The van der Waals surface area contributed by atoms with Crippen LogP contribution < -0.4 is 5.32 Å². The highest BCUT2D eigenvalue weighted by Gasteiger charge is 2.38. The zero-order valence-electron chi connectivity index (χ0n) is 13.2. The lowest BCUT2D eigenvalue weighted by Crippen LogP contribution is -2.57. The molecule has 2 unspecified atom stereocenters. The molecule has 2 nitrogen and oxygen atoms in total. The van der Waals surface area contributed by atoms with Gasteiger partial charge in [0.1, 0.15) is 5.82 Å². The van der Waals surface area contributed by atoms with Gasteiger partial charge in [0.05, 0.1) is 0 Å². The van der Waals surface area contributed by atoms with Crippen molar-refractivity contribution in [2.45, 2.75) is 51.7 Å². The number of hydrogen-bond acceptors (Lipinski definition) is 2. The lowest BCUT2D eigenvalue weighted by Gasteiger charge is -2.41. The topological polar surface area (TPSA) is 15.3 Å². The van der Waals surface area contributed by atoms with Gasteiger partial charge in [-0.3, -0.25) is 4.90 Å². The minimum absolute atomic E-state index is 0.121. The van der Waals surface area contributed by atoms with Crippen LogP contribution >= 0.6 is 0 Å². The average Bonchev–Trinajstić information content (AvgIpc) is 3.22. The van der Waals surface area contributed by atoms with Gasteiger partial charge in [0.15, 0.2) is 0 Å². The minimum atomic E-state index is -0.121. The van der Waals surface area contributed by atoms with Crippen molar-refractivity contribution in [3.05, 3.63) is 35.6 Å². The summed E-state index contributed by atoms with van der Waals surface area (Å²) in [5.74, 6) is 1.45. The molecule has 1 aliphatic heterocycles. The summed E-state index contributed by atoms with van der Waals surface area (Å²) < 4.78 is 13.4. The third-order valence-electron chi connectivity index (χ3n) is 4.74. The summed E-state index contributed by atoms with van der Waals surface area (Å²) in [7, 11) is 0. The van der Waals surface area contributed by atoms with Gasteiger partial charge in [0, 0.05) is 31.7 Å². The van der Waals surface area contributed by atoms with Gasteiger partial charge in [0.25, 0.3) is 0 Å². The van der Waals surface area contributed by atoms with Gasteiger partial charge in [-0.25, -0.2) is 4.39 Å². The van der Waals surface area contributed by atoms with E-state index < -0.39 is 0 Å². The summed E-state index contributed by atoms with van der Waals surface area (Å²) in [5, 5.41) is 3.73. The van der Waals surface area contributed by atoms with Gasteiger partial charge in [-0.1, -0.05) is 26.0 Å². The molecular weight excluding hydrogens is 263 g/mol. The van der Waals surface area contributed by atoms with E-state index in [1.165, 1.54) is 25.3 Å². The number of rotatable bonds is 5. The molecule has 1 saturated heterocycles. The molecule has 0 amide bonds. The standard InChI is InChI=1S/C18H27FN2/c1-13(2)8-17-12-21(18(10-20-17)15-6-7-15)11-14-4-3-5-16(19)9-14/h3-5,9,13,15,17-18,20H,6-8,10-12H2,1-2H3. The molecule has 1 aliphatic carbocycles. The number of nitrogens with one attached hydrogen (secondary N) is 1. The molecule has 2 aliphatic rings. The molecule has 3 rings (SSSR count). The van der Waals surface area contributed by atoms with E-state index in [0.29, 0.717) is 12.1 Å². The lowest BCUT2D eigenvalue weighted by atomic mass is 9.97. The first kappa shape index (κ1) is 15.0. The fourth-order valence-corrected chi connectivity index (χ4v) is 3.62. The highest BCUT2D eigenvalue weighted by atomic mass is 19.1. The van der Waals surface area contributed by atoms with Crippen LogP contribution in [0.4, 0.5) is 4.39 Å². The Kier molecular flexibility index (Phi) is 4.60. The van der Waals surface area contributed by atoms with Crippen LogP contribution in [0.25, 0.3) is 0 Å². The van der Waals surface area contributed by atoms with E-state index in [1.807, 2.05) is 12.1 Å². The van der Waals surface area contributed by atoms with Crippen LogP contribution in [0.5, 0.6) is 0 Å². The number of benzene rings is 1. The maximum Gasteiger partial charge on any atom is 0.123 e. The van der Waals surface area contributed by atoms with Crippen LogP contribution in [-0.4, -0.2) is 30.1 Å². The lowest BCUT2D eigenvalue weighted by molar-refractivity contribution is 0.100. The normalized spacial score (nSPS) is 27.2. The Bertz CT molecular complexity index is 470. The molecular formula is C18H27FN2. The first-order valence-electron chi connectivity index (χ1n) is 8.33. The second-order valence-electron chi connectivity index (χ2n) is 7.20. The van der Waals surface area contributed by atoms with Crippen molar-refractivity contribution < 1.29 is 4.39 Å². The van der Waals surface area contributed by atoms with Crippen LogP contribution in [0.2, 0.25) is 0 Å². The van der Waals surface area contributed by atoms with E-state index in [0.717, 1.165) is 37.0 Å². The minimum Gasteiger partial charge on any atom is -0.311 e. The third kappa shape index (κ3) is 4.04. The Morgan fingerprint density at radius 1 is 1.33 bits per heavy atom. The van der Waals surface area contributed by atoms with E-state index >= 15 is 0 Å². The Hall–Kier alpha value is -0.930. The first-order valence-corrected chi connectivity index (χ1v) is 8.33. The fourth-order valence-electron chi connectivity index (χ4n) is 3.62. The van der Waals surface area contributed by atoms with Crippen molar-refractivity contribution in [1.29, 1.82) is 0 Å². The molecule has 0 spiro atoms. The van der Waals surface area contributed by atoms with Crippen molar-refractivity contribution in [1.82, 2.24) is 10.2 Å². The summed E-state index contributed by atoms with van der Waals surface area (Å²) in [4.78, 5) is 2.59. The van der Waals surface area contributed by atoms with E-state index in [9.17, 15) is 4.39 Å². The highest BCUT2D eigenvalue weighted by molar-refractivity contribution is 5.16. The maximum absolute atomic E-state index is 13.4. The molecule has 2 atom stereocenters. The van der Waals surface area contributed by atoms with Gasteiger partial charge < -0.3 is 5.32 Å². The smallest absolute Gasteiger partial charge is 0.123 e. The summed E-state index contributed by atoms with van der Waals surface area (Å²) in [5.41, 5.74) is 1.10. The van der Waals surface area contributed by atoms with Crippen molar-refractivity contribution in [3.63, 3.8) is 0 Å². The Labute approximate surface area is 127 Å². The summed E-state index contributed by atoms with van der Waals surface area (Å²) in [6.07, 6.45) is 3.94. The molecule has 2 fully saturated rings. The zero-order valence-corrected chi connectivity index (χ0v) is 13.2. The molecule has 1 heterocycles. The Morgan fingerprint density at radius 3 is 2.81 bits per heavy atom. The van der Waals surface area contributed by atoms with Crippen LogP contribution in [0.1, 0.15) is 38.7 Å². The molecule has 0 radical (unpaired) electrons. The highest BCUT2D eigenvalue weighted by Crippen LogP contribution is 2.37. The van der Waals surface area contributed by atoms with E-state index in [-0.39, 0.29) is 5.82 Å². The van der Waals surface area contributed by atoms with Crippen LogP contribution in [0.3, 0.4) is 0 Å². The first-order chi connectivity index (χ1) is 10.1. The van der Waals surface area contributed by atoms with Gasteiger partial charge in [0.2, 0.25) is 0 Å². The monoisotopic (exact) mass is 290 g/mol. The quantitative estimate of drug-likeness (QED) is 0.894. The molecule has 21 heavy (non-hydrogen) atoms. The average molecular weight is 290 g/mol. The largest absolute Gasteiger partial charge is 0.311 e. The summed E-state index contributed by atoms with van der Waals surface area (Å²) >= 11 is 0. The van der Waals surface area contributed by atoms with Crippen LogP contribution in [0.15, 0.2) is 24.3 Å². The second-order valence-corrected chi connectivity index (χ2v) is 7.20. The van der Waals surface area contributed by atoms with Crippen molar-refractivity contribution in [2.75, 3.05) is 13.1 Å². The molecule has 3 heteroatoms. The van der Waals surface area contributed by atoms with Crippen LogP contribution in [-0.2, 0) is 6.54 Å². The Morgan fingerprint density at radius 2 is 2.14 bits per heavy atom. The van der Waals surface area contributed by atoms with Crippen molar-refractivity contribution in [2.24, 2.45) is 11.8 Å². The number of piperazine rings is 1. The molecule has 1 N–H and O–H groups in total. The second kappa shape index (κ2) is 6.45. The predicted molar refractivity (Wildman–Crippen MR) is 84.6 cm³/mol. The van der Waals surface area contributed by atoms with Gasteiger partial charge >= 0.3 is 0 Å². The fraction of sp³-hybridized carbons (Fsp3) is 0.667. The van der Waals surface area contributed by atoms with E-state index in [4.69, 9.17) is 0 Å².